The first-order chi connectivity index (χ1) is 7.25. The molecule has 0 radical (unpaired) electrons. The molecule has 2 fully saturated rings. The molecule has 1 saturated carbocycles. The maximum Gasteiger partial charge on any atom is 0.222 e. The van der Waals surface area contributed by atoms with E-state index in [1.165, 1.54) is 25.7 Å². The maximum atomic E-state index is 11.8. The molecule has 1 unspecified atom stereocenters. The van der Waals surface area contributed by atoms with E-state index in [0.717, 1.165) is 31.8 Å². The highest BCUT2D eigenvalue weighted by Gasteiger charge is 2.25. The number of carbonyl (C=O) groups excluding carboxylic acids is 1. The predicted molar refractivity (Wildman–Crippen MR) is 67.9 cm³/mol. The van der Waals surface area contributed by atoms with E-state index in [4.69, 9.17) is 0 Å². The Hall–Kier alpha value is -0.280. The summed E-state index contributed by atoms with van der Waals surface area (Å²) in [6.07, 6.45) is 6.91. The van der Waals surface area contributed by atoms with Gasteiger partial charge < -0.3 is 10.2 Å². The zero-order valence-electron chi connectivity index (χ0n) is 10.1. The average Bonchev–Trinajstić information content (AvgIpc) is 2.88. The van der Waals surface area contributed by atoms with E-state index in [-0.39, 0.29) is 12.4 Å². The van der Waals surface area contributed by atoms with Gasteiger partial charge in [-0.3, -0.25) is 4.79 Å². The van der Waals surface area contributed by atoms with Gasteiger partial charge in [0.25, 0.3) is 0 Å². The molecule has 94 valence electrons. The third-order valence-electron chi connectivity index (χ3n) is 3.52. The molecule has 0 aromatic rings. The Morgan fingerprint density at radius 3 is 2.69 bits per heavy atom. The van der Waals surface area contributed by atoms with Crippen LogP contribution in [0.1, 0.15) is 38.5 Å². The molecule has 0 spiro atoms. The van der Waals surface area contributed by atoms with Crippen molar-refractivity contribution in [2.45, 2.75) is 44.6 Å². The van der Waals surface area contributed by atoms with Gasteiger partial charge in [0.2, 0.25) is 5.91 Å². The lowest BCUT2D eigenvalue weighted by atomic mass is 10.1. The molecule has 1 aliphatic heterocycles. The van der Waals surface area contributed by atoms with Crippen molar-refractivity contribution in [2.24, 2.45) is 5.92 Å². The van der Waals surface area contributed by atoms with E-state index in [2.05, 4.69) is 5.32 Å². The van der Waals surface area contributed by atoms with Crippen molar-refractivity contribution in [1.29, 1.82) is 0 Å². The molecule has 1 heterocycles. The highest BCUT2D eigenvalue weighted by molar-refractivity contribution is 5.85. The molecule has 0 aromatic heterocycles. The van der Waals surface area contributed by atoms with Crippen LogP contribution in [0.25, 0.3) is 0 Å². The number of amides is 1. The number of carbonyl (C=O) groups is 1. The van der Waals surface area contributed by atoms with Crippen LogP contribution in [0.4, 0.5) is 0 Å². The first-order valence-electron chi connectivity index (χ1n) is 6.23. The number of hydrogen-bond acceptors (Lipinski definition) is 2. The zero-order chi connectivity index (χ0) is 10.7. The van der Waals surface area contributed by atoms with Gasteiger partial charge in [-0.15, -0.1) is 12.4 Å². The van der Waals surface area contributed by atoms with Gasteiger partial charge in [-0.25, -0.2) is 0 Å². The average molecular weight is 247 g/mol. The Labute approximate surface area is 104 Å². The lowest BCUT2D eigenvalue weighted by Gasteiger charge is -2.18. The van der Waals surface area contributed by atoms with Gasteiger partial charge >= 0.3 is 0 Å². The van der Waals surface area contributed by atoms with Crippen LogP contribution < -0.4 is 5.32 Å². The molecule has 2 aliphatic rings. The van der Waals surface area contributed by atoms with Gasteiger partial charge in [-0.05, 0) is 44.6 Å². The number of nitrogens with zero attached hydrogens (tertiary/aromatic N) is 1. The van der Waals surface area contributed by atoms with Gasteiger partial charge in [0.1, 0.15) is 0 Å². The maximum absolute atomic E-state index is 11.8. The van der Waals surface area contributed by atoms with E-state index < -0.39 is 0 Å². The topological polar surface area (TPSA) is 32.3 Å². The van der Waals surface area contributed by atoms with Gasteiger partial charge in [-0.1, -0.05) is 0 Å². The van der Waals surface area contributed by atoms with Crippen molar-refractivity contribution in [3.05, 3.63) is 0 Å². The van der Waals surface area contributed by atoms with Crippen molar-refractivity contribution in [1.82, 2.24) is 10.2 Å². The summed E-state index contributed by atoms with van der Waals surface area (Å²) in [5, 5.41) is 3.43. The Kier molecular flexibility index (Phi) is 5.56. The molecule has 0 aromatic carbocycles. The molecule has 1 N–H and O–H groups in total. The largest absolute Gasteiger partial charge is 0.345 e. The van der Waals surface area contributed by atoms with Crippen molar-refractivity contribution in [3.8, 4) is 0 Å². The van der Waals surface area contributed by atoms with Gasteiger partial charge in [0, 0.05) is 26.1 Å². The Morgan fingerprint density at radius 1 is 1.38 bits per heavy atom. The van der Waals surface area contributed by atoms with Crippen molar-refractivity contribution in [2.75, 3.05) is 20.1 Å². The summed E-state index contributed by atoms with van der Waals surface area (Å²) in [4.78, 5) is 13.7. The number of rotatable bonds is 5. The zero-order valence-corrected chi connectivity index (χ0v) is 10.9. The second-order valence-electron chi connectivity index (χ2n) is 5.05. The molecule has 1 atom stereocenters. The van der Waals surface area contributed by atoms with Crippen molar-refractivity contribution in [3.63, 3.8) is 0 Å². The van der Waals surface area contributed by atoms with Crippen LogP contribution in [0.2, 0.25) is 0 Å². The van der Waals surface area contributed by atoms with Crippen LogP contribution in [0.5, 0.6) is 0 Å². The normalized spacial score (nSPS) is 23.9. The minimum atomic E-state index is 0. The fraction of sp³-hybridized carbons (Fsp3) is 0.917. The van der Waals surface area contributed by atoms with Crippen LogP contribution in [-0.4, -0.2) is 37.0 Å². The third kappa shape index (κ3) is 4.30. The molecule has 3 nitrogen and oxygen atoms in total. The fourth-order valence-corrected chi connectivity index (χ4v) is 2.28. The highest BCUT2D eigenvalue weighted by atomic mass is 35.5. The summed E-state index contributed by atoms with van der Waals surface area (Å²) in [7, 11) is 1.95. The van der Waals surface area contributed by atoms with E-state index in [1.54, 1.807) is 0 Å². The van der Waals surface area contributed by atoms with E-state index in [9.17, 15) is 4.79 Å². The Morgan fingerprint density at radius 2 is 2.12 bits per heavy atom. The summed E-state index contributed by atoms with van der Waals surface area (Å²) >= 11 is 0. The van der Waals surface area contributed by atoms with Gasteiger partial charge in [0.15, 0.2) is 0 Å². The second kappa shape index (κ2) is 6.45. The van der Waals surface area contributed by atoms with Crippen molar-refractivity contribution < 1.29 is 4.79 Å². The first-order valence-corrected chi connectivity index (χ1v) is 6.23. The fourth-order valence-electron chi connectivity index (χ4n) is 2.28. The first kappa shape index (κ1) is 13.8. The van der Waals surface area contributed by atoms with Crippen LogP contribution in [0, 0.1) is 5.92 Å². The molecule has 2 rings (SSSR count). The molecular weight excluding hydrogens is 224 g/mol. The lowest BCUT2D eigenvalue weighted by Crippen LogP contribution is -2.30. The molecule has 1 saturated heterocycles. The quantitative estimate of drug-likeness (QED) is 0.803. The minimum absolute atomic E-state index is 0. The van der Waals surface area contributed by atoms with E-state index >= 15 is 0 Å². The predicted octanol–water partition coefficient (Wildman–Crippen LogP) is 1.81. The molecule has 4 heteroatoms. The Bertz CT molecular complexity index is 225. The second-order valence-corrected chi connectivity index (χ2v) is 5.05. The number of hydrogen-bond donors (Lipinski definition) is 1. The molecule has 0 bridgehead atoms. The van der Waals surface area contributed by atoms with Crippen LogP contribution in [0.15, 0.2) is 0 Å². The van der Waals surface area contributed by atoms with Gasteiger partial charge in [-0.2, -0.15) is 0 Å². The standard InChI is InChI=1S/C12H22N2O.ClH/c1-14(9-10-4-5-10)12(15)7-6-11-3-2-8-13-11;/h10-11,13H,2-9H2,1H3;1H. The van der Waals surface area contributed by atoms with E-state index in [1.807, 2.05) is 11.9 Å². The number of halogens is 1. The molecule has 1 aliphatic carbocycles. The molecule has 1 amide bonds. The van der Waals surface area contributed by atoms with Crippen LogP contribution in [-0.2, 0) is 4.79 Å². The third-order valence-corrected chi connectivity index (χ3v) is 3.52. The monoisotopic (exact) mass is 246 g/mol. The highest BCUT2D eigenvalue weighted by Crippen LogP contribution is 2.29. The van der Waals surface area contributed by atoms with E-state index in [0.29, 0.717) is 11.9 Å². The number of nitrogens with one attached hydrogen (secondary N) is 1. The summed E-state index contributed by atoms with van der Waals surface area (Å²) in [6.45, 7) is 2.12. The Balaban J connectivity index is 0.00000128. The SMILES string of the molecule is CN(CC1CC1)C(=O)CCC1CCCN1.Cl. The smallest absolute Gasteiger partial charge is 0.222 e. The molecular formula is C12H23ClN2O. The summed E-state index contributed by atoms with van der Waals surface area (Å²) in [6, 6.07) is 0.600. The van der Waals surface area contributed by atoms with Crippen molar-refractivity contribution >= 4 is 18.3 Å². The minimum Gasteiger partial charge on any atom is -0.345 e. The molecule has 16 heavy (non-hydrogen) atoms. The van der Waals surface area contributed by atoms with Crippen LogP contribution >= 0.6 is 12.4 Å². The summed E-state index contributed by atoms with van der Waals surface area (Å²) in [5.74, 6) is 1.14. The lowest BCUT2D eigenvalue weighted by molar-refractivity contribution is -0.130. The summed E-state index contributed by atoms with van der Waals surface area (Å²) in [5.41, 5.74) is 0. The summed E-state index contributed by atoms with van der Waals surface area (Å²) < 4.78 is 0. The van der Waals surface area contributed by atoms with Crippen LogP contribution in [0.3, 0.4) is 0 Å². The van der Waals surface area contributed by atoms with Gasteiger partial charge in [0.05, 0.1) is 0 Å².